The second-order valence-electron chi connectivity index (χ2n) is 8.98. The van der Waals surface area contributed by atoms with E-state index < -0.39 is 15.6 Å². The molecule has 0 radical (unpaired) electrons. The number of guanidine groups is 1. The monoisotopic (exact) mass is 454 g/mol. The maximum Gasteiger partial charge on any atom is 0.257 e. The predicted octanol–water partition coefficient (Wildman–Crippen LogP) is 2.84. The van der Waals surface area contributed by atoms with E-state index in [-0.39, 0.29) is 23.5 Å². The zero-order chi connectivity index (χ0) is 22.1. The van der Waals surface area contributed by atoms with Gasteiger partial charge in [-0.1, -0.05) is 37.6 Å². The lowest BCUT2D eigenvalue weighted by atomic mass is 9.90. The van der Waals surface area contributed by atoms with Gasteiger partial charge in [0.2, 0.25) is 10.0 Å². The molecule has 1 amide bonds. The first kappa shape index (κ1) is 23.0. The van der Waals surface area contributed by atoms with Gasteiger partial charge in [-0.25, -0.2) is 17.7 Å². The number of piperidine rings is 1. The van der Waals surface area contributed by atoms with E-state index in [9.17, 15) is 13.2 Å². The van der Waals surface area contributed by atoms with Crippen LogP contribution in [-0.2, 0) is 20.6 Å². The molecule has 1 aromatic carbocycles. The number of halogens is 1. The van der Waals surface area contributed by atoms with Crippen LogP contribution in [0.1, 0.15) is 45.6 Å². The smallest absolute Gasteiger partial charge is 0.257 e. The molecule has 1 saturated heterocycles. The molecule has 1 aromatic rings. The van der Waals surface area contributed by atoms with Crippen molar-refractivity contribution in [3.05, 3.63) is 34.9 Å². The van der Waals surface area contributed by atoms with Gasteiger partial charge in [0.1, 0.15) is 5.54 Å². The third kappa shape index (κ3) is 5.15. The Bertz CT molecular complexity index is 909. The lowest BCUT2D eigenvalue weighted by Gasteiger charge is -2.33. The highest BCUT2D eigenvalue weighted by molar-refractivity contribution is 7.88. The summed E-state index contributed by atoms with van der Waals surface area (Å²) >= 11 is 5.88. The summed E-state index contributed by atoms with van der Waals surface area (Å²) in [5.41, 5.74) is 6.00. The summed E-state index contributed by atoms with van der Waals surface area (Å²) in [5.74, 6) is 0.732. The van der Waals surface area contributed by atoms with Crippen LogP contribution in [-0.4, -0.2) is 54.7 Å². The molecule has 166 valence electrons. The van der Waals surface area contributed by atoms with Crippen LogP contribution in [0.25, 0.3) is 0 Å². The number of hydrogen-bond acceptors (Lipinski definition) is 5. The average Bonchev–Trinajstić information content (AvgIpc) is 2.86. The highest BCUT2D eigenvalue weighted by Gasteiger charge is 2.45. The van der Waals surface area contributed by atoms with E-state index >= 15 is 0 Å². The van der Waals surface area contributed by atoms with Crippen LogP contribution in [0.2, 0.25) is 5.02 Å². The molecule has 0 bridgehead atoms. The fourth-order valence-electron chi connectivity index (χ4n) is 4.37. The number of benzene rings is 1. The van der Waals surface area contributed by atoms with Gasteiger partial charge in [0, 0.05) is 24.7 Å². The third-order valence-electron chi connectivity index (χ3n) is 5.82. The topological polar surface area (TPSA) is 96.1 Å². The Morgan fingerprint density at radius 1 is 1.23 bits per heavy atom. The maximum atomic E-state index is 12.9. The number of carbonyl (C=O) groups is 1. The van der Waals surface area contributed by atoms with Crippen LogP contribution in [0.15, 0.2) is 29.3 Å². The number of nitrogens with two attached hydrogens (primary N) is 1. The predicted molar refractivity (Wildman–Crippen MR) is 120 cm³/mol. The third-order valence-corrected chi connectivity index (χ3v) is 7.92. The van der Waals surface area contributed by atoms with E-state index in [0.717, 1.165) is 5.56 Å². The first-order valence-corrected chi connectivity index (χ1v) is 12.4. The van der Waals surface area contributed by atoms with Crippen molar-refractivity contribution in [3.8, 4) is 0 Å². The van der Waals surface area contributed by atoms with Gasteiger partial charge in [0.05, 0.1) is 5.75 Å². The molecule has 0 spiro atoms. The van der Waals surface area contributed by atoms with Crippen LogP contribution < -0.4 is 5.73 Å². The molecular weight excluding hydrogens is 424 g/mol. The summed E-state index contributed by atoms with van der Waals surface area (Å²) in [5, 5.41) is 0.584. The second-order valence-corrected chi connectivity index (χ2v) is 11.4. The molecule has 0 aromatic heterocycles. The summed E-state index contributed by atoms with van der Waals surface area (Å²) in [4.78, 5) is 19.0. The molecule has 30 heavy (non-hydrogen) atoms. The Kier molecular flexibility index (Phi) is 6.79. The maximum absolute atomic E-state index is 12.9. The van der Waals surface area contributed by atoms with Crippen molar-refractivity contribution in [1.82, 2.24) is 9.21 Å². The van der Waals surface area contributed by atoms with Gasteiger partial charge < -0.3 is 5.73 Å². The van der Waals surface area contributed by atoms with Gasteiger partial charge in [-0.3, -0.25) is 9.69 Å². The number of carbonyl (C=O) groups excluding carboxylic acids is 1. The second kappa shape index (κ2) is 8.85. The molecular formula is C21H31ClN4O3S. The van der Waals surface area contributed by atoms with Crippen molar-refractivity contribution in [2.24, 2.45) is 22.6 Å². The minimum atomic E-state index is -3.39. The fraction of sp³-hybridized carbons (Fsp3) is 0.619. The van der Waals surface area contributed by atoms with E-state index in [1.807, 2.05) is 6.92 Å². The minimum absolute atomic E-state index is 0.0351. The van der Waals surface area contributed by atoms with E-state index in [1.54, 1.807) is 33.5 Å². The Balaban J connectivity index is 1.56. The van der Waals surface area contributed by atoms with Crippen LogP contribution >= 0.6 is 11.6 Å². The highest BCUT2D eigenvalue weighted by atomic mass is 35.5. The largest absolute Gasteiger partial charge is 0.369 e. The standard InChI is InChI=1S/C21H31ClN4O3S/c1-15(2)12-21(3)19(27)26(20(23)24-21)13-16-8-10-25(11-9-16)30(28,29)14-17-4-6-18(22)7-5-17/h4-7,15-16H,8-14H2,1-3H3,(H2,23,24). The molecule has 2 aliphatic heterocycles. The van der Waals surface area contributed by atoms with Gasteiger partial charge in [-0.05, 0) is 55.7 Å². The van der Waals surface area contributed by atoms with Crippen molar-refractivity contribution >= 4 is 33.5 Å². The van der Waals surface area contributed by atoms with Gasteiger partial charge >= 0.3 is 0 Å². The SMILES string of the molecule is CC(C)CC1(C)N=C(N)N(CC2CCN(S(=O)(=O)Cc3ccc(Cl)cc3)CC2)C1=O. The normalized spacial score (nSPS) is 24.0. The zero-order valence-corrected chi connectivity index (χ0v) is 19.4. The van der Waals surface area contributed by atoms with Crippen molar-refractivity contribution in [2.75, 3.05) is 19.6 Å². The first-order chi connectivity index (χ1) is 14.0. The van der Waals surface area contributed by atoms with Crippen molar-refractivity contribution in [1.29, 1.82) is 0 Å². The van der Waals surface area contributed by atoms with E-state index in [4.69, 9.17) is 17.3 Å². The van der Waals surface area contributed by atoms with Crippen LogP contribution in [0.3, 0.4) is 0 Å². The lowest BCUT2D eigenvalue weighted by Crippen LogP contribution is -2.48. The molecule has 1 atom stereocenters. The molecule has 0 aliphatic carbocycles. The molecule has 2 heterocycles. The molecule has 2 aliphatic rings. The molecule has 3 rings (SSSR count). The molecule has 9 heteroatoms. The summed E-state index contributed by atoms with van der Waals surface area (Å²) in [6, 6.07) is 6.87. The number of aliphatic imine (C=N–C) groups is 1. The van der Waals surface area contributed by atoms with Gasteiger partial charge in [0.25, 0.3) is 5.91 Å². The van der Waals surface area contributed by atoms with E-state index in [0.29, 0.717) is 49.8 Å². The highest BCUT2D eigenvalue weighted by Crippen LogP contribution is 2.30. The Morgan fingerprint density at radius 3 is 2.40 bits per heavy atom. The molecule has 1 fully saturated rings. The van der Waals surface area contributed by atoms with Crippen molar-refractivity contribution in [2.45, 2.75) is 51.3 Å². The lowest BCUT2D eigenvalue weighted by molar-refractivity contribution is -0.131. The molecule has 7 nitrogen and oxygen atoms in total. The van der Waals surface area contributed by atoms with E-state index in [1.165, 1.54) is 0 Å². The fourth-order valence-corrected chi connectivity index (χ4v) is 6.06. The number of rotatable bonds is 7. The number of nitrogens with zero attached hydrogens (tertiary/aromatic N) is 3. The molecule has 0 saturated carbocycles. The Hall–Kier alpha value is -1.64. The summed E-state index contributed by atoms with van der Waals surface area (Å²) in [6.45, 7) is 7.35. The number of sulfonamides is 1. The Morgan fingerprint density at radius 2 is 1.83 bits per heavy atom. The molecule has 1 unspecified atom stereocenters. The minimum Gasteiger partial charge on any atom is -0.369 e. The summed E-state index contributed by atoms with van der Waals surface area (Å²) in [6.07, 6.45) is 2.04. The van der Waals surface area contributed by atoms with Crippen LogP contribution in [0.4, 0.5) is 0 Å². The van der Waals surface area contributed by atoms with E-state index in [2.05, 4.69) is 18.8 Å². The zero-order valence-electron chi connectivity index (χ0n) is 17.8. The van der Waals surface area contributed by atoms with Crippen LogP contribution in [0.5, 0.6) is 0 Å². The molecule has 2 N–H and O–H groups in total. The van der Waals surface area contributed by atoms with Gasteiger partial charge in [0.15, 0.2) is 5.96 Å². The van der Waals surface area contributed by atoms with Crippen LogP contribution in [0, 0.1) is 11.8 Å². The quantitative estimate of drug-likeness (QED) is 0.685. The van der Waals surface area contributed by atoms with Crippen molar-refractivity contribution < 1.29 is 13.2 Å². The first-order valence-electron chi connectivity index (χ1n) is 10.4. The van der Waals surface area contributed by atoms with Crippen molar-refractivity contribution in [3.63, 3.8) is 0 Å². The summed E-state index contributed by atoms with van der Waals surface area (Å²) in [7, 11) is -3.39. The van der Waals surface area contributed by atoms with Gasteiger partial charge in [-0.15, -0.1) is 0 Å². The number of amides is 1. The average molecular weight is 455 g/mol. The summed E-state index contributed by atoms with van der Waals surface area (Å²) < 4.78 is 27.1. The Labute approximate surface area is 184 Å². The van der Waals surface area contributed by atoms with Gasteiger partial charge in [-0.2, -0.15) is 0 Å². The number of hydrogen-bond donors (Lipinski definition) is 1.